The molecule has 18 heavy (non-hydrogen) atoms. The molecule has 0 saturated carbocycles. The van der Waals surface area contributed by atoms with Crippen LogP contribution in [-0.4, -0.2) is 37.0 Å². The Bertz CT molecular complexity index is 457. The van der Waals surface area contributed by atoms with Gasteiger partial charge in [0.15, 0.2) is 0 Å². The lowest BCUT2D eigenvalue weighted by atomic mass is 9.91. The normalized spacial score (nSPS) is 30.6. The van der Waals surface area contributed by atoms with Crippen LogP contribution in [-0.2, 0) is 9.59 Å². The summed E-state index contributed by atoms with van der Waals surface area (Å²) in [5.74, 6) is -1.12. The van der Waals surface area contributed by atoms with Gasteiger partial charge in [0, 0.05) is 29.3 Å². The smallest absolute Gasteiger partial charge is 0.352 e. The van der Waals surface area contributed by atoms with Gasteiger partial charge in [0.25, 0.3) is 0 Å². The molecule has 3 aliphatic heterocycles. The third-order valence-electron chi connectivity index (χ3n) is 3.01. The maximum Gasteiger partial charge on any atom is 0.352 e. The van der Waals surface area contributed by atoms with Crippen molar-refractivity contribution in [3.63, 3.8) is 0 Å². The number of hydrogen-bond acceptors (Lipinski definition) is 6. The summed E-state index contributed by atoms with van der Waals surface area (Å²) < 4.78 is 1.87. The van der Waals surface area contributed by atoms with Crippen molar-refractivity contribution in [1.29, 1.82) is 0 Å². The van der Waals surface area contributed by atoms with Crippen LogP contribution in [0.4, 0.5) is 0 Å². The highest BCUT2D eigenvalue weighted by Crippen LogP contribution is 2.39. The SMILES string of the molecule is O=C(O)C1=CC(SN2NC=CS2)CC2CC(=O)N12. The fourth-order valence-electron chi connectivity index (χ4n) is 2.23. The number of carbonyl (C=O) groups is 2. The van der Waals surface area contributed by atoms with E-state index < -0.39 is 5.97 Å². The summed E-state index contributed by atoms with van der Waals surface area (Å²) >= 11 is 3.05. The van der Waals surface area contributed by atoms with Crippen molar-refractivity contribution in [3.05, 3.63) is 23.4 Å². The first-order chi connectivity index (χ1) is 8.65. The zero-order valence-corrected chi connectivity index (χ0v) is 10.9. The van der Waals surface area contributed by atoms with Crippen molar-refractivity contribution >= 4 is 35.8 Å². The zero-order valence-electron chi connectivity index (χ0n) is 9.28. The van der Waals surface area contributed by atoms with Crippen LogP contribution in [0.1, 0.15) is 12.8 Å². The first kappa shape index (κ1) is 11.9. The molecule has 1 saturated heterocycles. The Morgan fingerprint density at radius 3 is 3.06 bits per heavy atom. The van der Waals surface area contributed by atoms with Crippen molar-refractivity contribution in [3.8, 4) is 0 Å². The minimum atomic E-state index is -1.03. The van der Waals surface area contributed by atoms with E-state index in [1.54, 1.807) is 6.08 Å². The zero-order chi connectivity index (χ0) is 12.7. The average molecular weight is 285 g/mol. The molecule has 3 heterocycles. The number of carbonyl (C=O) groups excluding carboxylic acids is 1. The second kappa shape index (κ2) is 4.52. The van der Waals surface area contributed by atoms with E-state index >= 15 is 0 Å². The number of hydrogen-bond donors (Lipinski definition) is 2. The van der Waals surface area contributed by atoms with Gasteiger partial charge in [0.1, 0.15) is 5.70 Å². The standard InChI is InChI=1S/C10H11N3O3S2/c14-9-4-6-3-7(18-13-11-1-2-17-13)5-8(10(15)16)12(6)9/h1-2,5-7,11H,3-4H2,(H,15,16). The van der Waals surface area contributed by atoms with Crippen LogP contribution >= 0.6 is 23.9 Å². The number of nitrogens with one attached hydrogen (secondary N) is 1. The van der Waals surface area contributed by atoms with Crippen molar-refractivity contribution in [2.45, 2.75) is 24.1 Å². The molecular weight excluding hydrogens is 274 g/mol. The predicted octanol–water partition coefficient (Wildman–Crippen LogP) is 0.916. The Kier molecular flexibility index (Phi) is 3.00. The second-order valence-corrected chi connectivity index (χ2v) is 6.41. The molecule has 0 radical (unpaired) electrons. The summed E-state index contributed by atoms with van der Waals surface area (Å²) in [6.07, 6.45) is 4.75. The van der Waals surface area contributed by atoms with E-state index in [1.807, 2.05) is 15.4 Å². The lowest BCUT2D eigenvalue weighted by Gasteiger charge is -2.45. The minimum absolute atomic E-state index is 0.0478. The van der Waals surface area contributed by atoms with Gasteiger partial charge in [0.05, 0.1) is 0 Å². The Balaban J connectivity index is 1.74. The minimum Gasteiger partial charge on any atom is -0.477 e. The molecule has 0 aromatic heterocycles. The van der Waals surface area contributed by atoms with Crippen molar-refractivity contribution < 1.29 is 14.7 Å². The number of carboxylic acids is 1. The molecule has 6 nitrogen and oxygen atoms in total. The van der Waals surface area contributed by atoms with Gasteiger partial charge in [-0.2, -0.15) is 0 Å². The van der Waals surface area contributed by atoms with Crippen LogP contribution in [0.15, 0.2) is 23.4 Å². The van der Waals surface area contributed by atoms with Gasteiger partial charge in [-0.25, -0.2) is 4.79 Å². The summed E-state index contributed by atoms with van der Waals surface area (Å²) in [7, 11) is 0. The molecule has 96 valence electrons. The number of fused-ring (bicyclic) bond motifs is 1. The Hall–Kier alpha value is -1.12. The molecule has 2 N–H and O–H groups in total. The maximum absolute atomic E-state index is 11.4. The third-order valence-corrected chi connectivity index (χ3v) is 4.97. The number of nitrogens with zero attached hydrogens (tertiary/aromatic N) is 2. The lowest BCUT2D eigenvalue weighted by Crippen LogP contribution is -2.56. The van der Waals surface area contributed by atoms with Crippen LogP contribution in [0.2, 0.25) is 0 Å². The van der Waals surface area contributed by atoms with Gasteiger partial charge in [0.2, 0.25) is 5.91 Å². The van der Waals surface area contributed by atoms with Crippen molar-refractivity contribution in [2.24, 2.45) is 0 Å². The molecular formula is C10H11N3O3S2. The molecule has 0 aliphatic carbocycles. The Labute approximate surface area is 112 Å². The molecule has 1 amide bonds. The van der Waals surface area contributed by atoms with Gasteiger partial charge in [-0.1, -0.05) is 0 Å². The Morgan fingerprint density at radius 2 is 2.44 bits per heavy atom. The monoisotopic (exact) mass is 285 g/mol. The first-order valence-corrected chi connectivity index (χ1v) is 7.14. The highest BCUT2D eigenvalue weighted by molar-refractivity contribution is 8.13. The van der Waals surface area contributed by atoms with E-state index in [0.717, 1.165) is 6.42 Å². The van der Waals surface area contributed by atoms with Crippen LogP contribution in [0, 0.1) is 0 Å². The van der Waals surface area contributed by atoms with E-state index in [9.17, 15) is 9.59 Å². The largest absolute Gasteiger partial charge is 0.477 e. The summed E-state index contributed by atoms with van der Waals surface area (Å²) in [6.45, 7) is 0. The average Bonchev–Trinajstić information content (AvgIpc) is 2.79. The highest BCUT2D eigenvalue weighted by atomic mass is 32.2. The Morgan fingerprint density at radius 1 is 1.61 bits per heavy atom. The molecule has 0 bridgehead atoms. The molecule has 3 rings (SSSR count). The number of carboxylic acid groups (broad SMARTS) is 1. The van der Waals surface area contributed by atoms with E-state index in [4.69, 9.17) is 5.11 Å². The van der Waals surface area contributed by atoms with Crippen molar-refractivity contribution in [2.75, 3.05) is 0 Å². The summed E-state index contributed by atoms with van der Waals surface area (Å²) in [6, 6.07) is 0.0478. The summed E-state index contributed by atoms with van der Waals surface area (Å²) in [4.78, 5) is 24.0. The molecule has 1 fully saturated rings. The molecule has 2 unspecified atom stereocenters. The molecule has 0 spiro atoms. The second-order valence-electron chi connectivity index (χ2n) is 4.15. The number of β-lactam (4-membered cyclic amide) rings is 1. The molecule has 0 aromatic carbocycles. The van der Waals surface area contributed by atoms with Gasteiger partial charge in [-0.3, -0.25) is 4.79 Å². The lowest BCUT2D eigenvalue weighted by molar-refractivity contribution is -0.149. The van der Waals surface area contributed by atoms with E-state index in [-0.39, 0.29) is 22.9 Å². The molecule has 2 atom stereocenters. The highest BCUT2D eigenvalue weighted by Gasteiger charge is 2.45. The van der Waals surface area contributed by atoms with E-state index in [2.05, 4.69) is 5.43 Å². The van der Waals surface area contributed by atoms with Crippen molar-refractivity contribution in [1.82, 2.24) is 14.1 Å². The van der Waals surface area contributed by atoms with E-state index in [1.165, 1.54) is 28.8 Å². The molecule has 0 aromatic rings. The van der Waals surface area contributed by atoms with Gasteiger partial charge in [-0.15, -0.1) is 3.82 Å². The predicted molar refractivity (Wildman–Crippen MR) is 68.7 cm³/mol. The van der Waals surface area contributed by atoms with Gasteiger partial charge < -0.3 is 15.4 Å². The van der Waals surface area contributed by atoms with Gasteiger partial charge >= 0.3 is 5.97 Å². The van der Waals surface area contributed by atoms with Crippen LogP contribution in [0.5, 0.6) is 0 Å². The van der Waals surface area contributed by atoms with Crippen LogP contribution in [0.25, 0.3) is 0 Å². The quantitative estimate of drug-likeness (QED) is 0.590. The maximum atomic E-state index is 11.4. The molecule has 3 aliphatic rings. The fraction of sp³-hybridized carbons (Fsp3) is 0.400. The summed E-state index contributed by atoms with van der Waals surface area (Å²) in [5, 5.41) is 11.1. The third kappa shape index (κ3) is 2.00. The number of hydrazine groups is 1. The number of aliphatic carboxylic acids is 1. The van der Waals surface area contributed by atoms with E-state index in [0.29, 0.717) is 6.42 Å². The number of amides is 1. The first-order valence-electron chi connectivity index (χ1n) is 5.47. The molecule has 8 heteroatoms. The number of rotatable bonds is 3. The van der Waals surface area contributed by atoms with Crippen LogP contribution in [0.3, 0.4) is 0 Å². The van der Waals surface area contributed by atoms with Crippen LogP contribution < -0.4 is 5.43 Å². The summed E-state index contributed by atoms with van der Waals surface area (Å²) in [5.41, 5.74) is 3.14. The van der Waals surface area contributed by atoms with Gasteiger partial charge in [-0.05, 0) is 36.4 Å². The topological polar surface area (TPSA) is 72.9 Å². The fourth-order valence-corrected chi connectivity index (χ4v) is 4.13.